The molecule has 0 aliphatic carbocycles. The fourth-order valence-corrected chi connectivity index (χ4v) is 2.87. The zero-order valence-electron chi connectivity index (χ0n) is 14.2. The monoisotopic (exact) mass is 368 g/mol. The SMILES string of the molecule is COc1ccc(N(C)C(=O)c2ccn(C3CCCNC3)n2)cc1F.Cl. The third kappa shape index (κ3) is 4.11. The number of benzene rings is 1. The number of nitrogens with one attached hydrogen (secondary N) is 1. The van der Waals surface area contributed by atoms with Crippen LogP contribution < -0.4 is 15.0 Å². The summed E-state index contributed by atoms with van der Waals surface area (Å²) in [5, 5.41) is 7.73. The molecule has 1 saturated heterocycles. The van der Waals surface area contributed by atoms with Gasteiger partial charge in [0.05, 0.1) is 13.2 Å². The van der Waals surface area contributed by atoms with Crippen molar-refractivity contribution in [3.8, 4) is 5.75 Å². The lowest BCUT2D eigenvalue weighted by molar-refractivity contribution is 0.0987. The molecule has 0 saturated carbocycles. The highest BCUT2D eigenvalue weighted by Gasteiger charge is 2.21. The molecular weight excluding hydrogens is 347 g/mol. The van der Waals surface area contributed by atoms with Gasteiger partial charge in [0, 0.05) is 31.5 Å². The fraction of sp³-hybridized carbons (Fsp3) is 0.412. The Morgan fingerprint density at radius 2 is 2.24 bits per heavy atom. The minimum atomic E-state index is -0.506. The molecule has 1 unspecified atom stereocenters. The van der Waals surface area contributed by atoms with E-state index in [1.165, 1.54) is 24.1 Å². The van der Waals surface area contributed by atoms with Gasteiger partial charge in [-0.3, -0.25) is 9.48 Å². The molecular formula is C17H22ClFN4O2. The Kier molecular flexibility index (Phi) is 6.39. The minimum Gasteiger partial charge on any atom is -0.494 e. The van der Waals surface area contributed by atoms with Gasteiger partial charge in [-0.2, -0.15) is 5.10 Å². The van der Waals surface area contributed by atoms with Gasteiger partial charge < -0.3 is 15.0 Å². The summed E-state index contributed by atoms with van der Waals surface area (Å²) in [6.07, 6.45) is 3.97. The van der Waals surface area contributed by atoms with Crippen LogP contribution in [0.1, 0.15) is 29.4 Å². The molecule has 2 heterocycles. The van der Waals surface area contributed by atoms with Gasteiger partial charge in [0.25, 0.3) is 5.91 Å². The first kappa shape index (κ1) is 19.2. The zero-order valence-corrected chi connectivity index (χ0v) is 15.1. The number of hydrogen-bond acceptors (Lipinski definition) is 4. The topological polar surface area (TPSA) is 59.4 Å². The van der Waals surface area contributed by atoms with Gasteiger partial charge >= 0.3 is 0 Å². The van der Waals surface area contributed by atoms with E-state index in [0.29, 0.717) is 11.4 Å². The van der Waals surface area contributed by atoms with Gasteiger partial charge in [-0.05, 0) is 37.6 Å². The molecule has 6 nitrogen and oxygen atoms in total. The van der Waals surface area contributed by atoms with Crippen LogP contribution in [0.5, 0.6) is 5.75 Å². The van der Waals surface area contributed by atoms with Crippen LogP contribution in [0.4, 0.5) is 10.1 Å². The lowest BCUT2D eigenvalue weighted by atomic mass is 10.1. The molecule has 8 heteroatoms. The van der Waals surface area contributed by atoms with E-state index in [9.17, 15) is 9.18 Å². The smallest absolute Gasteiger partial charge is 0.278 e. The highest BCUT2D eigenvalue weighted by molar-refractivity contribution is 6.04. The molecule has 1 fully saturated rings. The summed E-state index contributed by atoms with van der Waals surface area (Å²) in [4.78, 5) is 14.0. The average Bonchev–Trinajstić information content (AvgIpc) is 3.11. The molecule has 136 valence electrons. The van der Waals surface area contributed by atoms with E-state index in [2.05, 4.69) is 10.4 Å². The van der Waals surface area contributed by atoms with Crippen LogP contribution in [-0.2, 0) is 0 Å². The van der Waals surface area contributed by atoms with Crippen LogP contribution in [0.2, 0.25) is 0 Å². The van der Waals surface area contributed by atoms with Crippen molar-refractivity contribution >= 4 is 24.0 Å². The van der Waals surface area contributed by atoms with Crippen molar-refractivity contribution in [3.05, 3.63) is 42.0 Å². The van der Waals surface area contributed by atoms with Gasteiger partial charge in [-0.25, -0.2) is 4.39 Å². The first-order valence-corrected chi connectivity index (χ1v) is 7.97. The summed E-state index contributed by atoms with van der Waals surface area (Å²) in [5.74, 6) is -0.635. The number of halogens is 2. The lowest BCUT2D eigenvalue weighted by Crippen LogP contribution is -2.32. The largest absolute Gasteiger partial charge is 0.494 e. The van der Waals surface area contributed by atoms with E-state index in [1.54, 1.807) is 19.2 Å². The molecule has 1 aromatic carbocycles. The Morgan fingerprint density at radius 1 is 1.44 bits per heavy atom. The molecule has 1 atom stereocenters. The molecule has 25 heavy (non-hydrogen) atoms. The second-order valence-electron chi connectivity index (χ2n) is 5.86. The number of carbonyl (C=O) groups excluding carboxylic acids is 1. The van der Waals surface area contributed by atoms with Crippen molar-refractivity contribution in [2.75, 3.05) is 32.1 Å². The van der Waals surface area contributed by atoms with Gasteiger partial charge in [-0.1, -0.05) is 0 Å². The molecule has 0 spiro atoms. The first-order valence-electron chi connectivity index (χ1n) is 7.97. The molecule has 1 aliphatic rings. The maximum Gasteiger partial charge on any atom is 0.278 e. The van der Waals surface area contributed by atoms with E-state index >= 15 is 0 Å². The quantitative estimate of drug-likeness (QED) is 0.901. The number of carbonyl (C=O) groups is 1. The van der Waals surface area contributed by atoms with Crippen LogP contribution in [0.3, 0.4) is 0 Å². The van der Waals surface area contributed by atoms with Crippen molar-refractivity contribution in [1.82, 2.24) is 15.1 Å². The maximum atomic E-state index is 13.8. The van der Waals surface area contributed by atoms with Gasteiger partial charge in [-0.15, -0.1) is 12.4 Å². The van der Waals surface area contributed by atoms with E-state index < -0.39 is 5.82 Å². The van der Waals surface area contributed by atoms with Crippen LogP contribution in [-0.4, -0.2) is 42.9 Å². The number of amides is 1. The van der Waals surface area contributed by atoms with E-state index in [0.717, 1.165) is 25.9 Å². The molecule has 1 aromatic heterocycles. The summed E-state index contributed by atoms with van der Waals surface area (Å²) in [6, 6.07) is 6.39. The average molecular weight is 369 g/mol. The molecule has 1 N–H and O–H groups in total. The van der Waals surface area contributed by atoms with E-state index in [1.807, 2.05) is 10.9 Å². The summed E-state index contributed by atoms with van der Waals surface area (Å²) in [6.45, 7) is 1.88. The number of aromatic nitrogens is 2. The van der Waals surface area contributed by atoms with Crippen LogP contribution >= 0.6 is 12.4 Å². The summed E-state index contributed by atoms with van der Waals surface area (Å²) in [7, 11) is 3.00. The minimum absolute atomic E-state index is 0. The van der Waals surface area contributed by atoms with Gasteiger partial charge in [0.1, 0.15) is 0 Å². The van der Waals surface area contributed by atoms with Crippen molar-refractivity contribution in [2.24, 2.45) is 0 Å². The predicted octanol–water partition coefficient (Wildman–Crippen LogP) is 2.65. The Bertz CT molecular complexity index is 731. The zero-order chi connectivity index (χ0) is 17.1. The molecule has 1 amide bonds. The summed E-state index contributed by atoms with van der Waals surface area (Å²) in [5.41, 5.74) is 0.798. The second kappa shape index (κ2) is 8.31. The number of nitrogens with zero attached hydrogens (tertiary/aromatic N) is 3. The van der Waals surface area contributed by atoms with Gasteiger partial charge in [0.15, 0.2) is 17.3 Å². The number of methoxy groups -OCH3 is 1. The van der Waals surface area contributed by atoms with Crippen LogP contribution in [0.25, 0.3) is 0 Å². The number of anilines is 1. The number of rotatable bonds is 4. The van der Waals surface area contributed by atoms with Crippen molar-refractivity contribution in [1.29, 1.82) is 0 Å². The Labute approximate surface area is 152 Å². The fourth-order valence-electron chi connectivity index (χ4n) is 2.87. The standard InChI is InChI=1S/C17H21FN4O2.ClH/c1-21(12-5-6-16(24-2)14(18)10-12)17(23)15-7-9-22(20-15)13-4-3-8-19-11-13;/h5-7,9-10,13,19H,3-4,8,11H2,1-2H3;1H. The Balaban J connectivity index is 0.00000225. The highest BCUT2D eigenvalue weighted by atomic mass is 35.5. The highest BCUT2D eigenvalue weighted by Crippen LogP contribution is 2.24. The molecule has 0 radical (unpaired) electrons. The molecule has 0 bridgehead atoms. The normalized spacial score (nSPS) is 16.8. The molecule has 3 rings (SSSR count). The van der Waals surface area contributed by atoms with Crippen molar-refractivity contribution < 1.29 is 13.9 Å². The second-order valence-corrected chi connectivity index (χ2v) is 5.86. The first-order chi connectivity index (χ1) is 11.6. The number of ether oxygens (including phenoxy) is 1. The summed E-state index contributed by atoms with van der Waals surface area (Å²) < 4.78 is 20.6. The predicted molar refractivity (Wildman–Crippen MR) is 96.3 cm³/mol. The van der Waals surface area contributed by atoms with Gasteiger partial charge in [0.2, 0.25) is 0 Å². The van der Waals surface area contributed by atoms with Crippen LogP contribution in [0, 0.1) is 5.82 Å². The van der Waals surface area contributed by atoms with Crippen LogP contribution in [0.15, 0.2) is 30.5 Å². The Hall–Kier alpha value is -2.12. The molecule has 1 aliphatic heterocycles. The molecule has 2 aromatic rings. The third-order valence-electron chi connectivity index (χ3n) is 4.30. The lowest BCUT2D eigenvalue weighted by Gasteiger charge is -2.23. The van der Waals surface area contributed by atoms with E-state index in [-0.39, 0.29) is 30.1 Å². The van der Waals surface area contributed by atoms with Crippen molar-refractivity contribution in [3.63, 3.8) is 0 Å². The van der Waals surface area contributed by atoms with E-state index in [4.69, 9.17) is 4.74 Å². The number of piperidine rings is 1. The van der Waals surface area contributed by atoms with Crippen molar-refractivity contribution in [2.45, 2.75) is 18.9 Å². The third-order valence-corrected chi connectivity index (χ3v) is 4.30. The maximum absolute atomic E-state index is 13.8. The number of hydrogen-bond donors (Lipinski definition) is 1. The Morgan fingerprint density at radius 3 is 2.88 bits per heavy atom. The summed E-state index contributed by atoms with van der Waals surface area (Å²) >= 11 is 0.